The third-order valence-corrected chi connectivity index (χ3v) is 4.54. The van der Waals surface area contributed by atoms with Gasteiger partial charge in [0, 0.05) is 25.3 Å². The standard InChI is InChI=1S/C20H24N2O2/c1-15-7-8-18(13-16(15)2)24-14-20(23)21-10-12-22-11-9-17-5-3-4-6-19(17)22/h3-8,13H,9-12,14H2,1-2H3,(H,21,23). The highest BCUT2D eigenvalue weighted by atomic mass is 16.5. The molecule has 4 nitrogen and oxygen atoms in total. The number of benzene rings is 2. The Hall–Kier alpha value is -2.49. The molecular formula is C20H24N2O2. The summed E-state index contributed by atoms with van der Waals surface area (Å²) in [4.78, 5) is 14.3. The summed E-state index contributed by atoms with van der Waals surface area (Å²) in [5.41, 5.74) is 5.07. The van der Waals surface area contributed by atoms with E-state index < -0.39 is 0 Å². The van der Waals surface area contributed by atoms with E-state index in [1.807, 2.05) is 25.1 Å². The highest BCUT2D eigenvalue weighted by Gasteiger charge is 2.17. The van der Waals surface area contributed by atoms with Gasteiger partial charge < -0.3 is 15.0 Å². The first-order valence-corrected chi connectivity index (χ1v) is 8.43. The molecule has 0 atom stereocenters. The zero-order chi connectivity index (χ0) is 16.9. The molecule has 1 amide bonds. The van der Waals surface area contributed by atoms with Crippen molar-refractivity contribution in [3.05, 3.63) is 59.2 Å². The van der Waals surface area contributed by atoms with Crippen LogP contribution in [0.5, 0.6) is 5.75 Å². The van der Waals surface area contributed by atoms with Gasteiger partial charge in [0.1, 0.15) is 5.75 Å². The Morgan fingerprint density at radius 3 is 2.83 bits per heavy atom. The van der Waals surface area contributed by atoms with Gasteiger partial charge in [-0.1, -0.05) is 24.3 Å². The number of carbonyl (C=O) groups is 1. The normalized spacial score (nSPS) is 12.8. The smallest absolute Gasteiger partial charge is 0.258 e. The Bertz CT molecular complexity index is 727. The van der Waals surface area contributed by atoms with Crippen LogP contribution in [0.1, 0.15) is 16.7 Å². The first-order valence-electron chi connectivity index (χ1n) is 8.43. The molecule has 1 aliphatic heterocycles. The van der Waals surface area contributed by atoms with Gasteiger partial charge in [0.25, 0.3) is 5.91 Å². The maximum Gasteiger partial charge on any atom is 0.258 e. The van der Waals surface area contributed by atoms with Crippen molar-refractivity contribution in [2.45, 2.75) is 20.3 Å². The second-order valence-corrected chi connectivity index (χ2v) is 6.25. The highest BCUT2D eigenvalue weighted by Crippen LogP contribution is 2.26. The number of anilines is 1. The predicted molar refractivity (Wildman–Crippen MR) is 96.8 cm³/mol. The minimum absolute atomic E-state index is 0.0547. The van der Waals surface area contributed by atoms with Crippen molar-refractivity contribution >= 4 is 11.6 Å². The number of fused-ring (bicyclic) bond motifs is 1. The number of carbonyl (C=O) groups excluding carboxylic acids is 1. The van der Waals surface area contributed by atoms with Gasteiger partial charge in [-0.3, -0.25) is 4.79 Å². The first kappa shape index (κ1) is 16.4. The van der Waals surface area contributed by atoms with E-state index in [-0.39, 0.29) is 12.5 Å². The fourth-order valence-electron chi connectivity index (χ4n) is 2.97. The molecule has 2 aromatic rings. The van der Waals surface area contributed by atoms with E-state index in [1.165, 1.54) is 22.4 Å². The fraction of sp³-hybridized carbons (Fsp3) is 0.350. The number of aryl methyl sites for hydroxylation is 2. The molecular weight excluding hydrogens is 300 g/mol. The van der Waals surface area contributed by atoms with E-state index in [4.69, 9.17) is 4.74 Å². The maximum atomic E-state index is 11.9. The lowest BCUT2D eigenvalue weighted by Crippen LogP contribution is -2.36. The SMILES string of the molecule is Cc1ccc(OCC(=O)NCCN2CCc3ccccc32)cc1C. The molecule has 0 bridgehead atoms. The molecule has 0 saturated carbocycles. The minimum Gasteiger partial charge on any atom is -0.484 e. The maximum absolute atomic E-state index is 11.9. The van der Waals surface area contributed by atoms with Crippen molar-refractivity contribution in [3.63, 3.8) is 0 Å². The van der Waals surface area contributed by atoms with Crippen LogP contribution in [0, 0.1) is 13.8 Å². The van der Waals surface area contributed by atoms with Crippen LogP contribution < -0.4 is 15.0 Å². The number of nitrogens with zero attached hydrogens (tertiary/aromatic N) is 1. The number of para-hydroxylation sites is 1. The van der Waals surface area contributed by atoms with E-state index in [1.54, 1.807) is 0 Å². The van der Waals surface area contributed by atoms with Crippen molar-refractivity contribution < 1.29 is 9.53 Å². The van der Waals surface area contributed by atoms with E-state index in [9.17, 15) is 4.79 Å². The van der Waals surface area contributed by atoms with E-state index in [0.717, 1.165) is 25.3 Å². The number of hydrogen-bond acceptors (Lipinski definition) is 3. The third-order valence-electron chi connectivity index (χ3n) is 4.54. The fourth-order valence-corrected chi connectivity index (χ4v) is 2.97. The highest BCUT2D eigenvalue weighted by molar-refractivity contribution is 5.77. The molecule has 0 aliphatic carbocycles. The van der Waals surface area contributed by atoms with Crippen molar-refractivity contribution in [3.8, 4) is 5.75 Å². The van der Waals surface area contributed by atoms with Crippen LogP contribution in [-0.4, -0.2) is 32.1 Å². The summed E-state index contributed by atoms with van der Waals surface area (Å²) in [6, 6.07) is 14.3. The Kier molecular flexibility index (Phi) is 5.04. The molecule has 1 N–H and O–H groups in total. The summed E-state index contributed by atoms with van der Waals surface area (Å²) in [5.74, 6) is 0.655. The van der Waals surface area contributed by atoms with Crippen LogP contribution in [0.4, 0.5) is 5.69 Å². The second-order valence-electron chi connectivity index (χ2n) is 6.25. The lowest BCUT2D eigenvalue weighted by atomic mass is 10.1. The van der Waals surface area contributed by atoms with Crippen LogP contribution >= 0.6 is 0 Å². The topological polar surface area (TPSA) is 41.6 Å². The predicted octanol–water partition coefficient (Wildman–Crippen LogP) is 2.86. The Balaban J connectivity index is 1.41. The van der Waals surface area contributed by atoms with Crippen LogP contribution in [0.3, 0.4) is 0 Å². The molecule has 0 fully saturated rings. The molecule has 0 spiro atoms. The third kappa shape index (κ3) is 3.88. The number of hydrogen-bond donors (Lipinski definition) is 1. The Morgan fingerprint density at radius 1 is 1.17 bits per heavy atom. The minimum atomic E-state index is -0.0827. The molecule has 3 rings (SSSR count). The van der Waals surface area contributed by atoms with Crippen LogP contribution in [0.25, 0.3) is 0 Å². The summed E-state index contributed by atoms with van der Waals surface area (Å²) in [6.45, 7) is 6.63. The van der Waals surface area contributed by atoms with E-state index in [0.29, 0.717) is 6.54 Å². The number of nitrogens with one attached hydrogen (secondary N) is 1. The van der Waals surface area contributed by atoms with Gasteiger partial charge in [-0.2, -0.15) is 0 Å². The largest absolute Gasteiger partial charge is 0.484 e. The molecule has 0 aromatic heterocycles. The molecule has 4 heteroatoms. The summed E-state index contributed by atoms with van der Waals surface area (Å²) in [7, 11) is 0. The number of rotatable bonds is 6. The Labute approximate surface area is 143 Å². The summed E-state index contributed by atoms with van der Waals surface area (Å²) >= 11 is 0. The molecule has 1 heterocycles. The molecule has 24 heavy (non-hydrogen) atoms. The first-order chi connectivity index (χ1) is 11.6. The summed E-state index contributed by atoms with van der Waals surface area (Å²) in [5, 5.41) is 2.93. The van der Waals surface area contributed by atoms with Gasteiger partial charge in [-0.15, -0.1) is 0 Å². The van der Waals surface area contributed by atoms with Crippen LogP contribution in [0.2, 0.25) is 0 Å². The van der Waals surface area contributed by atoms with Crippen molar-refractivity contribution in [2.24, 2.45) is 0 Å². The average molecular weight is 324 g/mol. The number of amides is 1. The van der Waals surface area contributed by atoms with Gasteiger partial charge in [0.2, 0.25) is 0 Å². The van der Waals surface area contributed by atoms with Gasteiger partial charge in [0.15, 0.2) is 6.61 Å². The molecule has 0 saturated heterocycles. The molecule has 1 aliphatic rings. The zero-order valence-electron chi connectivity index (χ0n) is 14.3. The second kappa shape index (κ2) is 7.39. The monoisotopic (exact) mass is 324 g/mol. The molecule has 0 unspecified atom stereocenters. The molecule has 0 radical (unpaired) electrons. The quantitative estimate of drug-likeness (QED) is 0.888. The van der Waals surface area contributed by atoms with Gasteiger partial charge in [-0.25, -0.2) is 0 Å². The van der Waals surface area contributed by atoms with Crippen molar-refractivity contribution in [1.82, 2.24) is 5.32 Å². The van der Waals surface area contributed by atoms with Crippen molar-refractivity contribution in [2.75, 3.05) is 31.1 Å². The van der Waals surface area contributed by atoms with Crippen LogP contribution in [-0.2, 0) is 11.2 Å². The summed E-state index contributed by atoms with van der Waals surface area (Å²) < 4.78 is 5.56. The molecule has 2 aromatic carbocycles. The van der Waals surface area contributed by atoms with Gasteiger partial charge in [-0.05, 0) is 55.2 Å². The number of ether oxygens (including phenoxy) is 1. The molecule has 126 valence electrons. The van der Waals surface area contributed by atoms with Gasteiger partial charge in [0.05, 0.1) is 0 Å². The summed E-state index contributed by atoms with van der Waals surface area (Å²) in [6.07, 6.45) is 1.08. The Morgan fingerprint density at radius 2 is 2.00 bits per heavy atom. The average Bonchev–Trinajstić information content (AvgIpc) is 2.99. The van der Waals surface area contributed by atoms with E-state index >= 15 is 0 Å². The zero-order valence-corrected chi connectivity index (χ0v) is 14.3. The van der Waals surface area contributed by atoms with E-state index in [2.05, 4.69) is 41.4 Å². The lowest BCUT2D eigenvalue weighted by Gasteiger charge is -2.19. The van der Waals surface area contributed by atoms with Crippen molar-refractivity contribution in [1.29, 1.82) is 0 Å². The van der Waals surface area contributed by atoms with Gasteiger partial charge >= 0.3 is 0 Å². The van der Waals surface area contributed by atoms with Crippen LogP contribution in [0.15, 0.2) is 42.5 Å². The lowest BCUT2D eigenvalue weighted by molar-refractivity contribution is -0.123.